The number of nitrogens with zero attached hydrogens (tertiary/aromatic N) is 2. The van der Waals surface area contributed by atoms with Crippen LogP contribution in [-0.4, -0.2) is 9.97 Å². The Morgan fingerprint density at radius 3 is 2.45 bits per heavy atom. The van der Waals surface area contributed by atoms with Gasteiger partial charge in [0.05, 0.1) is 16.7 Å². The van der Waals surface area contributed by atoms with Crippen LogP contribution in [0.5, 0.6) is 0 Å². The zero-order valence-electron chi connectivity index (χ0n) is 18.0. The van der Waals surface area contributed by atoms with E-state index in [1.165, 1.54) is 57.9 Å². The molecule has 0 saturated carbocycles. The quantitative estimate of drug-likeness (QED) is 0.341. The first-order chi connectivity index (χ1) is 14.0. The lowest BCUT2D eigenvalue weighted by molar-refractivity contribution is 0.793. The molecular formula is C27H30N2. The Kier molecular flexibility index (Phi) is 5.62. The Labute approximate surface area is 174 Å². The third-order valence-electron chi connectivity index (χ3n) is 5.93. The molecule has 2 heteroatoms. The second kappa shape index (κ2) is 8.32. The van der Waals surface area contributed by atoms with Crippen molar-refractivity contribution in [2.24, 2.45) is 0 Å². The van der Waals surface area contributed by atoms with E-state index in [0.29, 0.717) is 0 Å². The van der Waals surface area contributed by atoms with Crippen LogP contribution in [0, 0.1) is 20.8 Å². The third-order valence-corrected chi connectivity index (χ3v) is 5.93. The molecule has 2 aromatic carbocycles. The van der Waals surface area contributed by atoms with Gasteiger partial charge in [-0.15, -0.1) is 0 Å². The van der Waals surface area contributed by atoms with Crippen LogP contribution in [0.3, 0.4) is 0 Å². The molecule has 0 unspecified atom stereocenters. The van der Waals surface area contributed by atoms with Gasteiger partial charge in [0, 0.05) is 17.0 Å². The van der Waals surface area contributed by atoms with E-state index in [4.69, 9.17) is 9.97 Å². The minimum atomic E-state index is 1.00. The summed E-state index contributed by atoms with van der Waals surface area (Å²) in [6.07, 6.45) is 7.79. The highest BCUT2D eigenvalue weighted by Crippen LogP contribution is 2.27. The first kappa shape index (κ1) is 19.6. The molecule has 0 spiro atoms. The van der Waals surface area contributed by atoms with Crippen LogP contribution < -0.4 is 0 Å². The Hall–Kier alpha value is -2.74. The van der Waals surface area contributed by atoms with Crippen LogP contribution in [0.15, 0.2) is 48.7 Å². The minimum absolute atomic E-state index is 1.00. The van der Waals surface area contributed by atoms with Crippen molar-refractivity contribution in [3.63, 3.8) is 0 Å². The summed E-state index contributed by atoms with van der Waals surface area (Å²) in [4.78, 5) is 9.54. The van der Waals surface area contributed by atoms with Gasteiger partial charge in [0.2, 0.25) is 0 Å². The van der Waals surface area contributed by atoms with Crippen LogP contribution in [-0.2, 0) is 19.3 Å². The molecule has 2 aromatic heterocycles. The van der Waals surface area contributed by atoms with Crippen LogP contribution in [0.2, 0.25) is 0 Å². The lowest BCUT2D eigenvalue weighted by atomic mass is 9.97. The predicted molar refractivity (Wildman–Crippen MR) is 124 cm³/mol. The van der Waals surface area contributed by atoms with E-state index < -0.39 is 0 Å². The van der Waals surface area contributed by atoms with Gasteiger partial charge >= 0.3 is 0 Å². The summed E-state index contributed by atoms with van der Waals surface area (Å²) in [6, 6.07) is 15.8. The normalized spacial score (nSPS) is 11.4. The predicted octanol–water partition coefficient (Wildman–Crippen LogP) is 6.84. The highest BCUT2D eigenvalue weighted by molar-refractivity contribution is 6.05. The molecule has 4 rings (SSSR count). The molecule has 0 amide bonds. The maximum absolute atomic E-state index is 4.77. The molecule has 0 atom stereocenters. The molecule has 148 valence electrons. The van der Waals surface area contributed by atoms with Gasteiger partial charge in [0.1, 0.15) is 0 Å². The van der Waals surface area contributed by atoms with Crippen molar-refractivity contribution in [2.75, 3.05) is 0 Å². The van der Waals surface area contributed by atoms with E-state index in [0.717, 1.165) is 29.6 Å². The lowest BCUT2D eigenvalue weighted by Gasteiger charge is -2.11. The standard InChI is InChI=1S/C27H30N2/c1-5-6-7-21-9-11-23(19(3)15-21)12-10-22-16-25-24-13-8-18(2)14-26(24)29-20(4)27(25)28-17-22/h8-9,11,13-17H,5-7,10,12H2,1-4H3. The largest absolute Gasteiger partial charge is 0.254 e. The average molecular weight is 383 g/mol. The van der Waals surface area contributed by atoms with Crippen LogP contribution in [0.25, 0.3) is 21.8 Å². The topological polar surface area (TPSA) is 25.8 Å². The van der Waals surface area contributed by atoms with E-state index in [2.05, 4.69) is 70.2 Å². The van der Waals surface area contributed by atoms with Crippen LogP contribution in [0.4, 0.5) is 0 Å². The monoisotopic (exact) mass is 382 g/mol. The van der Waals surface area contributed by atoms with E-state index >= 15 is 0 Å². The van der Waals surface area contributed by atoms with Crippen molar-refractivity contribution in [1.82, 2.24) is 9.97 Å². The highest BCUT2D eigenvalue weighted by atomic mass is 14.8. The molecule has 2 nitrogen and oxygen atoms in total. The smallest absolute Gasteiger partial charge is 0.0921 e. The molecule has 0 N–H and O–H groups in total. The van der Waals surface area contributed by atoms with Gasteiger partial charge in [-0.3, -0.25) is 9.97 Å². The van der Waals surface area contributed by atoms with Gasteiger partial charge < -0.3 is 0 Å². The van der Waals surface area contributed by atoms with Crippen molar-refractivity contribution in [3.8, 4) is 0 Å². The molecule has 0 fully saturated rings. The molecule has 0 bridgehead atoms. The Balaban J connectivity index is 1.61. The minimum Gasteiger partial charge on any atom is -0.254 e. The number of rotatable bonds is 6. The van der Waals surface area contributed by atoms with E-state index in [1.54, 1.807) is 0 Å². The fourth-order valence-corrected chi connectivity index (χ4v) is 4.19. The van der Waals surface area contributed by atoms with Gasteiger partial charge in [-0.05, 0) is 86.4 Å². The van der Waals surface area contributed by atoms with Crippen LogP contribution >= 0.6 is 0 Å². The van der Waals surface area contributed by atoms with E-state index in [-0.39, 0.29) is 0 Å². The Bertz CT molecular complexity index is 1170. The number of hydrogen-bond acceptors (Lipinski definition) is 2. The molecule has 29 heavy (non-hydrogen) atoms. The number of hydrogen-bond donors (Lipinski definition) is 0. The van der Waals surface area contributed by atoms with Gasteiger partial charge in [0.15, 0.2) is 0 Å². The third kappa shape index (κ3) is 4.17. The summed E-state index contributed by atoms with van der Waals surface area (Å²) in [5.41, 5.74) is 9.93. The summed E-state index contributed by atoms with van der Waals surface area (Å²) < 4.78 is 0. The number of fused-ring (bicyclic) bond motifs is 3. The SMILES string of the molecule is CCCCc1ccc(CCc2cnc3c(C)nc4cc(C)ccc4c3c2)c(C)c1. The van der Waals surface area contributed by atoms with Gasteiger partial charge in [-0.25, -0.2) is 0 Å². The molecule has 0 saturated heterocycles. The highest BCUT2D eigenvalue weighted by Gasteiger charge is 2.09. The fourth-order valence-electron chi connectivity index (χ4n) is 4.19. The summed E-state index contributed by atoms with van der Waals surface area (Å²) in [7, 11) is 0. The summed E-state index contributed by atoms with van der Waals surface area (Å²) in [6.45, 7) is 8.67. The van der Waals surface area contributed by atoms with Crippen molar-refractivity contribution in [1.29, 1.82) is 0 Å². The van der Waals surface area contributed by atoms with Gasteiger partial charge in [-0.1, -0.05) is 43.7 Å². The molecule has 0 radical (unpaired) electrons. The number of pyridine rings is 2. The average Bonchev–Trinajstić information content (AvgIpc) is 2.71. The zero-order chi connectivity index (χ0) is 20.4. The number of aromatic nitrogens is 2. The molecule has 0 aliphatic heterocycles. The number of aryl methyl sites for hydroxylation is 6. The summed E-state index contributed by atoms with van der Waals surface area (Å²) in [5.74, 6) is 0. The van der Waals surface area contributed by atoms with Crippen molar-refractivity contribution < 1.29 is 0 Å². The Morgan fingerprint density at radius 2 is 1.66 bits per heavy atom. The molecule has 2 heterocycles. The number of unbranched alkanes of at least 4 members (excludes halogenated alkanes) is 1. The molecule has 4 aromatic rings. The lowest BCUT2D eigenvalue weighted by Crippen LogP contribution is -1.98. The summed E-state index contributed by atoms with van der Waals surface area (Å²) >= 11 is 0. The first-order valence-corrected chi connectivity index (χ1v) is 10.8. The van der Waals surface area contributed by atoms with E-state index in [1.807, 2.05) is 6.20 Å². The van der Waals surface area contributed by atoms with Crippen LogP contribution in [0.1, 0.15) is 53.3 Å². The van der Waals surface area contributed by atoms with Crippen molar-refractivity contribution in [3.05, 3.63) is 82.2 Å². The fraction of sp³-hybridized carbons (Fsp3) is 0.333. The zero-order valence-corrected chi connectivity index (χ0v) is 18.0. The van der Waals surface area contributed by atoms with Gasteiger partial charge in [-0.2, -0.15) is 0 Å². The molecular weight excluding hydrogens is 352 g/mol. The van der Waals surface area contributed by atoms with Crippen molar-refractivity contribution in [2.45, 2.75) is 59.8 Å². The second-order valence-electron chi connectivity index (χ2n) is 8.32. The summed E-state index contributed by atoms with van der Waals surface area (Å²) in [5, 5.41) is 2.42. The van der Waals surface area contributed by atoms with Gasteiger partial charge in [0.25, 0.3) is 0 Å². The molecule has 0 aliphatic carbocycles. The first-order valence-electron chi connectivity index (χ1n) is 10.8. The maximum Gasteiger partial charge on any atom is 0.0921 e. The van der Waals surface area contributed by atoms with E-state index in [9.17, 15) is 0 Å². The maximum atomic E-state index is 4.77. The Morgan fingerprint density at radius 1 is 0.793 bits per heavy atom. The van der Waals surface area contributed by atoms with Crippen molar-refractivity contribution >= 4 is 21.8 Å². The second-order valence-corrected chi connectivity index (χ2v) is 8.32. The molecule has 0 aliphatic rings. The number of benzene rings is 2.